The lowest BCUT2D eigenvalue weighted by Crippen LogP contribution is -2.30. The number of anilines is 1. The summed E-state index contributed by atoms with van der Waals surface area (Å²) in [5.74, 6) is -1.97. The molecule has 0 saturated carbocycles. The summed E-state index contributed by atoms with van der Waals surface area (Å²) < 4.78 is 31.4. The van der Waals surface area contributed by atoms with E-state index < -0.39 is 17.7 Å². The Bertz CT molecular complexity index is 701. The maximum atomic E-state index is 13.2. The lowest BCUT2D eigenvalue weighted by Gasteiger charge is -2.17. The van der Waals surface area contributed by atoms with Crippen molar-refractivity contribution < 1.29 is 18.3 Å². The number of rotatable bonds is 5. The van der Waals surface area contributed by atoms with Gasteiger partial charge in [0.15, 0.2) is 17.7 Å². The molecule has 3 nitrogen and oxygen atoms in total. The van der Waals surface area contributed by atoms with E-state index in [1.165, 1.54) is 6.07 Å². The zero-order valence-corrected chi connectivity index (χ0v) is 13.3. The predicted molar refractivity (Wildman–Crippen MR) is 85.6 cm³/mol. The lowest BCUT2D eigenvalue weighted by molar-refractivity contribution is -0.122. The molecule has 0 saturated heterocycles. The van der Waals surface area contributed by atoms with Crippen LogP contribution in [0.1, 0.15) is 32.3 Å². The van der Waals surface area contributed by atoms with Crippen LogP contribution in [0.25, 0.3) is 0 Å². The number of halogens is 2. The van der Waals surface area contributed by atoms with Crippen LogP contribution < -0.4 is 10.1 Å². The fourth-order valence-corrected chi connectivity index (χ4v) is 2.16. The van der Waals surface area contributed by atoms with E-state index in [4.69, 9.17) is 4.74 Å². The molecule has 0 spiro atoms. The molecule has 2 rings (SSSR count). The van der Waals surface area contributed by atoms with Gasteiger partial charge in [-0.05, 0) is 36.6 Å². The van der Waals surface area contributed by atoms with Crippen LogP contribution >= 0.6 is 0 Å². The van der Waals surface area contributed by atoms with E-state index in [9.17, 15) is 13.6 Å². The molecule has 0 aromatic heterocycles. The van der Waals surface area contributed by atoms with Gasteiger partial charge in [0.05, 0.1) is 0 Å². The summed E-state index contributed by atoms with van der Waals surface area (Å²) in [5, 5.41) is 2.81. The van der Waals surface area contributed by atoms with Gasteiger partial charge in [0.1, 0.15) is 5.75 Å². The van der Waals surface area contributed by atoms with Gasteiger partial charge < -0.3 is 10.1 Å². The molecule has 0 radical (unpaired) electrons. The molecular formula is C18H19F2NO2. The van der Waals surface area contributed by atoms with E-state index in [2.05, 4.69) is 5.32 Å². The minimum absolute atomic E-state index is 0.101. The van der Waals surface area contributed by atoms with Gasteiger partial charge in [0, 0.05) is 11.8 Å². The van der Waals surface area contributed by atoms with Crippen molar-refractivity contribution in [3.05, 3.63) is 59.7 Å². The Labute approximate surface area is 134 Å². The second kappa shape index (κ2) is 7.22. The highest BCUT2D eigenvalue weighted by molar-refractivity contribution is 5.94. The first kappa shape index (κ1) is 16.9. The quantitative estimate of drug-likeness (QED) is 0.881. The van der Waals surface area contributed by atoms with Crippen molar-refractivity contribution in [1.82, 2.24) is 0 Å². The Balaban J connectivity index is 2.07. The summed E-state index contributed by atoms with van der Waals surface area (Å²) >= 11 is 0. The number of ether oxygens (including phenoxy) is 1. The highest BCUT2D eigenvalue weighted by atomic mass is 19.2. The molecule has 1 atom stereocenters. The van der Waals surface area contributed by atoms with Gasteiger partial charge in [-0.15, -0.1) is 0 Å². The first-order chi connectivity index (χ1) is 10.9. The molecule has 1 unspecified atom stereocenters. The molecule has 0 aliphatic carbocycles. The number of para-hydroxylation sites is 1. The van der Waals surface area contributed by atoms with Crippen LogP contribution in [0, 0.1) is 11.6 Å². The molecule has 0 aliphatic heterocycles. The van der Waals surface area contributed by atoms with E-state index in [1.54, 1.807) is 6.92 Å². The number of nitrogens with one attached hydrogen (secondary N) is 1. The third kappa shape index (κ3) is 4.28. The Morgan fingerprint density at radius 1 is 1.04 bits per heavy atom. The minimum Gasteiger partial charge on any atom is -0.481 e. The van der Waals surface area contributed by atoms with E-state index in [0.717, 1.165) is 17.7 Å². The molecular weight excluding hydrogens is 300 g/mol. The summed E-state index contributed by atoms with van der Waals surface area (Å²) in [5.41, 5.74) is 1.73. The lowest BCUT2D eigenvalue weighted by atomic mass is 10.0. The van der Waals surface area contributed by atoms with Gasteiger partial charge >= 0.3 is 0 Å². The highest BCUT2D eigenvalue weighted by Crippen LogP contribution is 2.24. The number of hydrogen-bond acceptors (Lipinski definition) is 2. The Hall–Kier alpha value is -2.43. The topological polar surface area (TPSA) is 38.3 Å². The monoisotopic (exact) mass is 319 g/mol. The fourth-order valence-electron chi connectivity index (χ4n) is 2.16. The van der Waals surface area contributed by atoms with E-state index in [0.29, 0.717) is 5.69 Å². The van der Waals surface area contributed by atoms with Crippen LogP contribution in [0.3, 0.4) is 0 Å². The van der Waals surface area contributed by atoms with Gasteiger partial charge in [0.2, 0.25) is 0 Å². The minimum atomic E-state index is -1.01. The van der Waals surface area contributed by atoms with E-state index in [-0.39, 0.29) is 17.6 Å². The average Bonchev–Trinajstić information content (AvgIpc) is 2.51. The van der Waals surface area contributed by atoms with Gasteiger partial charge in [0.25, 0.3) is 5.91 Å². The first-order valence-corrected chi connectivity index (χ1v) is 7.40. The van der Waals surface area contributed by atoms with Crippen molar-refractivity contribution in [2.24, 2.45) is 0 Å². The summed E-state index contributed by atoms with van der Waals surface area (Å²) in [6.07, 6.45) is -0.847. The molecule has 122 valence electrons. The van der Waals surface area contributed by atoms with Crippen molar-refractivity contribution in [1.29, 1.82) is 0 Å². The van der Waals surface area contributed by atoms with Crippen LogP contribution in [0.5, 0.6) is 5.75 Å². The van der Waals surface area contributed by atoms with Gasteiger partial charge in [-0.2, -0.15) is 0 Å². The number of benzene rings is 2. The zero-order valence-electron chi connectivity index (χ0n) is 13.3. The van der Waals surface area contributed by atoms with Crippen molar-refractivity contribution in [2.45, 2.75) is 32.8 Å². The van der Waals surface area contributed by atoms with Gasteiger partial charge in [-0.1, -0.05) is 32.0 Å². The molecule has 1 N–H and O–H groups in total. The SMILES string of the molecule is CC(Oc1ccc(F)c(F)c1)C(=O)Nc1ccccc1C(C)C. The van der Waals surface area contributed by atoms with Gasteiger partial charge in [-0.3, -0.25) is 4.79 Å². The molecule has 0 aliphatic rings. The first-order valence-electron chi connectivity index (χ1n) is 7.40. The van der Waals surface area contributed by atoms with Crippen molar-refractivity contribution in [2.75, 3.05) is 5.32 Å². The molecule has 5 heteroatoms. The third-order valence-electron chi connectivity index (χ3n) is 3.41. The van der Waals surface area contributed by atoms with E-state index in [1.807, 2.05) is 38.1 Å². The summed E-state index contributed by atoms with van der Waals surface area (Å²) in [6.45, 7) is 5.62. The number of carbonyl (C=O) groups is 1. The fraction of sp³-hybridized carbons (Fsp3) is 0.278. The standard InChI is InChI=1S/C18H19F2NO2/c1-11(2)14-6-4-5-7-17(14)21-18(22)12(3)23-13-8-9-15(19)16(20)10-13/h4-12H,1-3H3,(H,21,22). The maximum absolute atomic E-state index is 13.2. The third-order valence-corrected chi connectivity index (χ3v) is 3.41. The Morgan fingerprint density at radius 2 is 1.74 bits per heavy atom. The molecule has 0 heterocycles. The second-order valence-corrected chi connectivity index (χ2v) is 5.57. The largest absolute Gasteiger partial charge is 0.481 e. The molecule has 2 aromatic rings. The smallest absolute Gasteiger partial charge is 0.265 e. The molecule has 23 heavy (non-hydrogen) atoms. The Kier molecular flexibility index (Phi) is 5.32. The highest BCUT2D eigenvalue weighted by Gasteiger charge is 2.17. The van der Waals surface area contributed by atoms with E-state index >= 15 is 0 Å². The van der Waals surface area contributed by atoms with Crippen LogP contribution in [0.2, 0.25) is 0 Å². The zero-order chi connectivity index (χ0) is 17.0. The molecule has 0 bridgehead atoms. The molecule has 1 amide bonds. The maximum Gasteiger partial charge on any atom is 0.265 e. The number of amides is 1. The normalized spacial score (nSPS) is 12.1. The number of hydrogen-bond donors (Lipinski definition) is 1. The average molecular weight is 319 g/mol. The van der Waals surface area contributed by atoms with Crippen LogP contribution in [-0.2, 0) is 4.79 Å². The number of carbonyl (C=O) groups excluding carboxylic acids is 1. The predicted octanol–water partition coefficient (Wildman–Crippen LogP) is 4.49. The Morgan fingerprint density at radius 3 is 2.39 bits per heavy atom. The van der Waals surface area contributed by atoms with Crippen molar-refractivity contribution in [3.63, 3.8) is 0 Å². The van der Waals surface area contributed by atoms with Crippen LogP contribution in [-0.4, -0.2) is 12.0 Å². The van der Waals surface area contributed by atoms with Gasteiger partial charge in [-0.25, -0.2) is 8.78 Å². The summed E-state index contributed by atoms with van der Waals surface area (Å²) in [6, 6.07) is 10.7. The summed E-state index contributed by atoms with van der Waals surface area (Å²) in [4.78, 5) is 12.2. The molecule has 2 aromatic carbocycles. The van der Waals surface area contributed by atoms with Crippen LogP contribution in [0.15, 0.2) is 42.5 Å². The van der Waals surface area contributed by atoms with Crippen LogP contribution in [0.4, 0.5) is 14.5 Å². The second-order valence-electron chi connectivity index (χ2n) is 5.57. The molecule has 0 fully saturated rings. The van der Waals surface area contributed by atoms with Crippen molar-refractivity contribution >= 4 is 11.6 Å². The van der Waals surface area contributed by atoms with Crippen molar-refractivity contribution in [3.8, 4) is 5.75 Å². The summed E-state index contributed by atoms with van der Waals surface area (Å²) in [7, 11) is 0.